The molecule has 1 N–H and O–H groups in total. The molecule has 9 heteroatoms. The fraction of sp³-hybridized carbons (Fsp3) is 0.350. The van der Waals surface area contributed by atoms with E-state index in [9.17, 15) is 14.4 Å². The molecule has 0 aliphatic heterocycles. The minimum atomic E-state index is -0.608. The largest absolute Gasteiger partial charge is 0.468 e. The van der Waals surface area contributed by atoms with E-state index >= 15 is 0 Å². The van der Waals surface area contributed by atoms with Crippen LogP contribution in [-0.2, 0) is 20.8 Å². The van der Waals surface area contributed by atoms with Crippen LogP contribution in [0.2, 0.25) is 0 Å². The molecule has 156 valence electrons. The number of carbonyl (C=O) groups excluding carboxylic acids is 3. The van der Waals surface area contributed by atoms with Gasteiger partial charge in [-0.3, -0.25) is 9.69 Å². The number of rotatable bonds is 10. The Kier molecular flexibility index (Phi) is 8.17. The van der Waals surface area contributed by atoms with E-state index < -0.39 is 11.9 Å². The Morgan fingerprint density at radius 1 is 1.31 bits per heavy atom. The lowest BCUT2D eigenvalue weighted by molar-refractivity contribution is -0.117. The van der Waals surface area contributed by atoms with Gasteiger partial charge in [-0.05, 0) is 38.6 Å². The minimum Gasteiger partial charge on any atom is -0.468 e. The van der Waals surface area contributed by atoms with Gasteiger partial charge >= 0.3 is 11.9 Å². The van der Waals surface area contributed by atoms with Crippen molar-refractivity contribution in [3.05, 3.63) is 52.8 Å². The predicted molar refractivity (Wildman–Crippen MR) is 109 cm³/mol. The first kappa shape index (κ1) is 22.4. The second-order valence-corrected chi connectivity index (χ2v) is 7.19. The number of nitrogens with one attached hydrogen (secondary N) is 1. The first-order valence-corrected chi connectivity index (χ1v) is 9.78. The summed E-state index contributed by atoms with van der Waals surface area (Å²) in [6, 6.07) is 3.59. The molecule has 0 saturated carbocycles. The number of hydrogen-bond acceptors (Lipinski definition) is 8. The predicted octanol–water partition coefficient (Wildman–Crippen LogP) is 3.24. The van der Waals surface area contributed by atoms with Gasteiger partial charge in [0.2, 0.25) is 5.91 Å². The van der Waals surface area contributed by atoms with Crippen LogP contribution in [0.5, 0.6) is 0 Å². The monoisotopic (exact) mass is 420 g/mol. The van der Waals surface area contributed by atoms with Crippen molar-refractivity contribution in [3.8, 4) is 0 Å². The summed E-state index contributed by atoms with van der Waals surface area (Å²) in [5.74, 6) is -0.805. The van der Waals surface area contributed by atoms with Crippen LogP contribution in [0.1, 0.15) is 38.3 Å². The van der Waals surface area contributed by atoms with E-state index in [1.807, 2.05) is 6.07 Å². The Labute approximate surface area is 173 Å². The first-order valence-electron chi connectivity index (χ1n) is 8.96. The smallest absolute Gasteiger partial charge is 0.348 e. The third-order valence-corrected chi connectivity index (χ3v) is 5.00. The maximum atomic E-state index is 12.5. The molecule has 0 aromatic carbocycles. The van der Waals surface area contributed by atoms with Crippen molar-refractivity contribution in [2.24, 2.45) is 0 Å². The van der Waals surface area contributed by atoms with Crippen molar-refractivity contribution in [1.82, 2.24) is 4.90 Å². The molecule has 2 heterocycles. The molecular weight excluding hydrogens is 396 g/mol. The summed E-state index contributed by atoms with van der Waals surface area (Å²) in [6.45, 7) is 7.53. The molecule has 0 aliphatic rings. The molecule has 2 aromatic heterocycles. The Bertz CT molecular complexity index is 872. The molecule has 0 aliphatic carbocycles. The SMILES string of the molecule is C=CCOC(=O)c1sc(NC(=O)CN(C)Cc2ccco2)c(C(=O)OCC)c1C. The Morgan fingerprint density at radius 3 is 2.69 bits per heavy atom. The number of thiophene rings is 1. The van der Waals surface area contributed by atoms with Gasteiger partial charge in [0.1, 0.15) is 22.2 Å². The minimum absolute atomic E-state index is 0.0458. The Hall–Kier alpha value is -2.91. The maximum absolute atomic E-state index is 12.5. The van der Waals surface area contributed by atoms with E-state index in [1.54, 1.807) is 38.1 Å². The normalized spacial score (nSPS) is 10.6. The first-order chi connectivity index (χ1) is 13.9. The van der Waals surface area contributed by atoms with E-state index in [-0.39, 0.29) is 41.1 Å². The van der Waals surface area contributed by atoms with E-state index in [0.29, 0.717) is 12.1 Å². The van der Waals surface area contributed by atoms with Crippen LogP contribution in [0.15, 0.2) is 35.5 Å². The molecular formula is C20H24N2O6S. The number of likely N-dealkylation sites (N-methyl/N-ethyl adjacent to an activating group) is 1. The standard InChI is InChI=1S/C20H24N2O6S/c1-5-9-28-20(25)17-13(3)16(19(24)26-6-2)18(29-17)21-15(23)12-22(4)11-14-8-7-10-27-14/h5,7-8,10H,1,6,9,11-12H2,2-4H3,(H,21,23). The lowest BCUT2D eigenvalue weighted by atomic mass is 10.1. The van der Waals surface area contributed by atoms with Gasteiger partial charge in [0, 0.05) is 0 Å². The zero-order chi connectivity index (χ0) is 21.4. The number of hydrogen-bond donors (Lipinski definition) is 1. The van der Waals surface area contributed by atoms with Gasteiger partial charge in [-0.25, -0.2) is 9.59 Å². The Balaban J connectivity index is 2.18. The number of nitrogens with zero attached hydrogens (tertiary/aromatic N) is 1. The highest BCUT2D eigenvalue weighted by atomic mass is 32.1. The van der Waals surface area contributed by atoms with Gasteiger partial charge in [0.25, 0.3) is 0 Å². The van der Waals surface area contributed by atoms with Gasteiger partial charge in [-0.2, -0.15) is 0 Å². The molecule has 0 spiro atoms. The fourth-order valence-electron chi connectivity index (χ4n) is 2.58. The van der Waals surface area contributed by atoms with Crippen LogP contribution in [0, 0.1) is 6.92 Å². The maximum Gasteiger partial charge on any atom is 0.348 e. The molecule has 0 unspecified atom stereocenters. The molecule has 8 nitrogen and oxygen atoms in total. The van der Waals surface area contributed by atoms with Gasteiger partial charge in [0.05, 0.1) is 31.5 Å². The third kappa shape index (κ3) is 6.03. The topological polar surface area (TPSA) is 98.1 Å². The molecule has 0 atom stereocenters. The van der Waals surface area contributed by atoms with Crippen molar-refractivity contribution in [2.45, 2.75) is 20.4 Å². The third-order valence-electron chi connectivity index (χ3n) is 3.82. The number of furan rings is 1. The highest BCUT2D eigenvalue weighted by Crippen LogP contribution is 2.34. The summed E-state index contributed by atoms with van der Waals surface area (Å²) in [4.78, 5) is 39.1. The van der Waals surface area contributed by atoms with E-state index in [2.05, 4.69) is 11.9 Å². The molecule has 0 saturated heterocycles. The average molecular weight is 420 g/mol. The average Bonchev–Trinajstić information content (AvgIpc) is 3.27. The Morgan fingerprint density at radius 2 is 2.07 bits per heavy atom. The summed E-state index contributed by atoms with van der Waals surface area (Å²) in [6.07, 6.45) is 3.01. The van der Waals surface area contributed by atoms with Gasteiger partial charge < -0.3 is 19.2 Å². The van der Waals surface area contributed by atoms with Crippen molar-refractivity contribution in [2.75, 3.05) is 32.1 Å². The highest BCUT2D eigenvalue weighted by molar-refractivity contribution is 7.18. The van der Waals surface area contributed by atoms with E-state index in [1.165, 1.54) is 6.08 Å². The fourth-order valence-corrected chi connectivity index (χ4v) is 3.69. The summed E-state index contributed by atoms with van der Waals surface area (Å²) in [7, 11) is 1.77. The zero-order valence-corrected chi connectivity index (χ0v) is 17.5. The summed E-state index contributed by atoms with van der Waals surface area (Å²) in [5.41, 5.74) is 0.561. The molecule has 1 amide bonds. The van der Waals surface area contributed by atoms with Gasteiger partial charge in [0.15, 0.2) is 0 Å². The van der Waals surface area contributed by atoms with E-state index in [0.717, 1.165) is 17.1 Å². The number of amides is 1. The molecule has 29 heavy (non-hydrogen) atoms. The zero-order valence-electron chi connectivity index (χ0n) is 16.6. The number of esters is 2. The van der Waals surface area contributed by atoms with Crippen molar-refractivity contribution in [3.63, 3.8) is 0 Å². The molecule has 2 aromatic rings. The summed E-state index contributed by atoms with van der Waals surface area (Å²) >= 11 is 0.981. The van der Waals surface area contributed by atoms with Crippen LogP contribution >= 0.6 is 11.3 Å². The number of ether oxygens (including phenoxy) is 2. The number of anilines is 1. The molecule has 2 rings (SSSR count). The van der Waals surface area contributed by atoms with E-state index in [4.69, 9.17) is 13.9 Å². The second-order valence-electron chi connectivity index (χ2n) is 6.17. The molecule has 0 fully saturated rings. The van der Waals surface area contributed by atoms with Crippen LogP contribution in [0.25, 0.3) is 0 Å². The van der Waals surface area contributed by atoms with Gasteiger partial charge in [-0.15, -0.1) is 11.3 Å². The lowest BCUT2D eigenvalue weighted by Crippen LogP contribution is -2.30. The van der Waals surface area contributed by atoms with Crippen molar-refractivity contribution >= 4 is 34.2 Å². The molecule has 0 bridgehead atoms. The highest BCUT2D eigenvalue weighted by Gasteiger charge is 2.27. The van der Waals surface area contributed by atoms with Crippen molar-refractivity contribution < 1.29 is 28.3 Å². The number of carbonyl (C=O) groups is 3. The molecule has 0 radical (unpaired) electrons. The lowest BCUT2D eigenvalue weighted by Gasteiger charge is -2.14. The van der Waals surface area contributed by atoms with Crippen LogP contribution in [-0.4, -0.2) is 49.6 Å². The van der Waals surface area contributed by atoms with Crippen molar-refractivity contribution in [1.29, 1.82) is 0 Å². The van der Waals surface area contributed by atoms with Crippen LogP contribution in [0.4, 0.5) is 5.00 Å². The summed E-state index contributed by atoms with van der Waals surface area (Å²) in [5, 5.41) is 2.96. The van der Waals surface area contributed by atoms with Gasteiger partial charge in [-0.1, -0.05) is 12.7 Å². The summed E-state index contributed by atoms with van der Waals surface area (Å²) < 4.78 is 15.4. The van der Waals surface area contributed by atoms with Crippen LogP contribution < -0.4 is 5.32 Å². The second kappa shape index (κ2) is 10.6. The van der Waals surface area contributed by atoms with Crippen LogP contribution in [0.3, 0.4) is 0 Å². The quantitative estimate of drug-likeness (QED) is 0.465.